The summed E-state index contributed by atoms with van der Waals surface area (Å²) >= 11 is 0. The van der Waals surface area contributed by atoms with E-state index < -0.39 is 0 Å². The van der Waals surface area contributed by atoms with Crippen LogP contribution in [0, 0.1) is 0 Å². The van der Waals surface area contributed by atoms with Gasteiger partial charge < -0.3 is 15.2 Å². The van der Waals surface area contributed by atoms with Gasteiger partial charge in [0.15, 0.2) is 17.3 Å². The molecule has 1 heterocycles. The summed E-state index contributed by atoms with van der Waals surface area (Å²) in [4.78, 5) is 12.1. The van der Waals surface area contributed by atoms with Crippen molar-refractivity contribution in [3.63, 3.8) is 0 Å². The highest BCUT2D eigenvalue weighted by Crippen LogP contribution is 2.36. The molecule has 0 saturated carbocycles. The molecule has 0 atom stereocenters. The fourth-order valence-electron chi connectivity index (χ4n) is 2.09. The van der Waals surface area contributed by atoms with E-state index >= 15 is 0 Å². The number of rotatable bonds is 4. The first-order valence-corrected chi connectivity index (χ1v) is 6.30. The molecule has 0 aliphatic carbocycles. The van der Waals surface area contributed by atoms with Gasteiger partial charge in [-0.15, -0.1) is 0 Å². The molecule has 2 rings (SSSR count). The molecule has 0 amide bonds. The number of ketones is 1. The molecule has 0 unspecified atom stereocenters. The number of hydrogen-bond acceptors (Lipinski definition) is 4. The molecule has 0 saturated heterocycles. The SMILES string of the molecule is CC(C)c1cc2c(cc1C(=O)CCN)OCCO2. The molecule has 0 aromatic heterocycles. The van der Waals surface area contributed by atoms with Crippen LogP contribution in [-0.4, -0.2) is 25.5 Å². The van der Waals surface area contributed by atoms with Crippen molar-refractivity contribution in [1.29, 1.82) is 0 Å². The first-order valence-electron chi connectivity index (χ1n) is 6.30. The zero-order valence-electron chi connectivity index (χ0n) is 10.9. The van der Waals surface area contributed by atoms with Crippen LogP contribution in [0.3, 0.4) is 0 Å². The second-order valence-electron chi connectivity index (χ2n) is 4.70. The average molecular weight is 249 g/mol. The number of nitrogens with two attached hydrogens (primary N) is 1. The monoisotopic (exact) mass is 249 g/mol. The topological polar surface area (TPSA) is 61.6 Å². The van der Waals surface area contributed by atoms with Crippen molar-refractivity contribution in [3.05, 3.63) is 23.3 Å². The fraction of sp³-hybridized carbons (Fsp3) is 0.500. The molecule has 4 heteroatoms. The molecule has 1 aromatic carbocycles. The van der Waals surface area contributed by atoms with Crippen LogP contribution in [0.25, 0.3) is 0 Å². The van der Waals surface area contributed by atoms with Gasteiger partial charge in [0.25, 0.3) is 0 Å². The third-order valence-electron chi connectivity index (χ3n) is 3.01. The zero-order chi connectivity index (χ0) is 13.1. The number of ether oxygens (including phenoxy) is 2. The molecule has 0 fully saturated rings. The summed E-state index contributed by atoms with van der Waals surface area (Å²) in [5.41, 5.74) is 7.16. The van der Waals surface area contributed by atoms with Crippen LogP contribution in [0.4, 0.5) is 0 Å². The summed E-state index contributed by atoms with van der Waals surface area (Å²) in [6.07, 6.45) is 0.360. The van der Waals surface area contributed by atoms with Gasteiger partial charge in [-0.25, -0.2) is 0 Å². The van der Waals surface area contributed by atoms with Crippen LogP contribution in [0.2, 0.25) is 0 Å². The normalized spacial score (nSPS) is 13.8. The van der Waals surface area contributed by atoms with Crippen LogP contribution < -0.4 is 15.2 Å². The number of fused-ring (bicyclic) bond motifs is 1. The fourth-order valence-corrected chi connectivity index (χ4v) is 2.09. The first kappa shape index (κ1) is 12.9. The molecule has 98 valence electrons. The quantitative estimate of drug-likeness (QED) is 0.830. The lowest BCUT2D eigenvalue weighted by Crippen LogP contribution is -2.17. The average Bonchev–Trinajstić information content (AvgIpc) is 2.37. The Bertz CT molecular complexity index is 455. The van der Waals surface area contributed by atoms with Crippen LogP contribution in [0.5, 0.6) is 11.5 Å². The van der Waals surface area contributed by atoms with Crippen LogP contribution in [0.1, 0.15) is 42.1 Å². The van der Waals surface area contributed by atoms with E-state index in [-0.39, 0.29) is 11.7 Å². The summed E-state index contributed by atoms with van der Waals surface area (Å²) in [5.74, 6) is 1.72. The van der Waals surface area contributed by atoms with Gasteiger partial charge in [-0.2, -0.15) is 0 Å². The first-order chi connectivity index (χ1) is 8.63. The van der Waals surface area contributed by atoms with E-state index in [2.05, 4.69) is 13.8 Å². The van der Waals surface area contributed by atoms with Gasteiger partial charge in [0, 0.05) is 12.0 Å². The minimum Gasteiger partial charge on any atom is -0.486 e. The maximum atomic E-state index is 12.1. The third kappa shape index (κ3) is 2.48. The molecule has 18 heavy (non-hydrogen) atoms. The van der Waals surface area contributed by atoms with Gasteiger partial charge in [-0.05, 0) is 30.2 Å². The van der Waals surface area contributed by atoms with Gasteiger partial charge >= 0.3 is 0 Å². The Labute approximate surface area is 107 Å². The Balaban J connectivity index is 2.45. The van der Waals surface area contributed by atoms with Crippen molar-refractivity contribution in [3.8, 4) is 11.5 Å². The van der Waals surface area contributed by atoms with E-state index in [9.17, 15) is 4.79 Å². The van der Waals surface area contributed by atoms with Gasteiger partial charge in [0.2, 0.25) is 0 Å². The van der Waals surface area contributed by atoms with E-state index in [0.717, 1.165) is 11.3 Å². The molecule has 0 radical (unpaired) electrons. The molecular weight excluding hydrogens is 230 g/mol. The lowest BCUT2D eigenvalue weighted by atomic mass is 9.93. The van der Waals surface area contributed by atoms with Gasteiger partial charge in [0.1, 0.15) is 13.2 Å². The van der Waals surface area contributed by atoms with Gasteiger partial charge in [-0.3, -0.25) is 4.79 Å². The molecule has 1 aliphatic rings. The van der Waals surface area contributed by atoms with E-state index in [1.807, 2.05) is 6.07 Å². The summed E-state index contributed by atoms with van der Waals surface area (Å²) < 4.78 is 11.1. The largest absolute Gasteiger partial charge is 0.486 e. The van der Waals surface area contributed by atoms with Crippen LogP contribution in [-0.2, 0) is 0 Å². The van der Waals surface area contributed by atoms with E-state index in [1.165, 1.54) is 0 Å². The molecule has 1 aliphatic heterocycles. The Morgan fingerprint density at radius 3 is 2.44 bits per heavy atom. The van der Waals surface area contributed by atoms with E-state index in [0.29, 0.717) is 37.5 Å². The molecule has 1 aromatic rings. The molecule has 0 bridgehead atoms. The van der Waals surface area contributed by atoms with E-state index in [1.54, 1.807) is 6.07 Å². The summed E-state index contributed by atoms with van der Waals surface area (Å²) in [6.45, 7) is 5.57. The number of carbonyl (C=O) groups is 1. The maximum absolute atomic E-state index is 12.1. The predicted molar refractivity (Wildman–Crippen MR) is 69.5 cm³/mol. The second kappa shape index (κ2) is 5.40. The number of benzene rings is 1. The lowest BCUT2D eigenvalue weighted by Gasteiger charge is -2.22. The van der Waals surface area contributed by atoms with Crippen LogP contribution >= 0.6 is 0 Å². The highest BCUT2D eigenvalue weighted by Gasteiger charge is 2.20. The van der Waals surface area contributed by atoms with Crippen molar-refractivity contribution in [2.75, 3.05) is 19.8 Å². The number of Topliss-reactive ketones (excluding diaryl/α,β-unsaturated/α-hetero) is 1. The zero-order valence-corrected chi connectivity index (χ0v) is 10.9. The van der Waals surface area contributed by atoms with E-state index in [4.69, 9.17) is 15.2 Å². The van der Waals surface area contributed by atoms with Crippen molar-refractivity contribution in [2.24, 2.45) is 5.73 Å². The Morgan fingerprint density at radius 2 is 1.89 bits per heavy atom. The highest BCUT2D eigenvalue weighted by molar-refractivity contribution is 5.98. The Morgan fingerprint density at radius 1 is 1.28 bits per heavy atom. The summed E-state index contributed by atoms with van der Waals surface area (Å²) in [6, 6.07) is 3.71. The molecule has 2 N–H and O–H groups in total. The number of carbonyl (C=O) groups excluding carboxylic acids is 1. The van der Waals surface area contributed by atoms with Gasteiger partial charge in [0.05, 0.1) is 0 Å². The number of hydrogen-bond donors (Lipinski definition) is 1. The standard InChI is InChI=1S/C14H19NO3/c1-9(2)10-7-13-14(18-6-5-17-13)8-11(10)12(16)3-4-15/h7-9H,3-6,15H2,1-2H3. The summed E-state index contributed by atoms with van der Waals surface area (Å²) in [7, 11) is 0. The lowest BCUT2D eigenvalue weighted by molar-refractivity contribution is 0.0983. The van der Waals surface area contributed by atoms with Crippen molar-refractivity contribution in [1.82, 2.24) is 0 Å². The predicted octanol–water partition coefficient (Wildman–Crippen LogP) is 2.11. The molecule has 0 spiro atoms. The summed E-state index contributed by atoms with van der Waals surface area (Å²) in [5, 5.41) is 0. The Kier molecular flexibility index (Phi) is 3.87. The second-order valence-corrected chi connectivity index (χ2v) is 4.70. The molecular formula is C14H19NO3. The minimum absolute atomic E-state index is 0.0678. The van der Waals surface area contributed by atoms with Crippen LogP contribution in [0.15, 0.2) is 12.1 Å². The maximum Gasteiger partial charge on any atom is 0.164 e. The highest BCUT2D eigenvalue weighted by atomic mass is 16.6. The smallest absolute Gasteiger partial charge is 0.164 e. The third-order valence-corrected chi connectivity index (χ3v) is 3.01. The van der Waals surface area contributed by atoms with Gasteiger partial charge in [-0.1, -0.05) is 13.8 Å². The van der Waals surface area contributed by atoms with Crippen molar-refractivity contribution in [2.45, 2.75) is 26.2 Å². The molecule has 4 nitrogen and oxygen atoms in total. The minimum atomic E-state index is 0.0678. The Hall–Kier alpha value is -1.55. The van der Waals surface area contributed by atoms with Crippen molar-refractivity contribution < 1.29 is 14.3 Å². The van der Waals surface area contributed by atoms with Crippen molar-refractivity contribution >= 4 is 5.78 Å².